The molecule has 0 aromatic heterocycles. The molecule has 2 heterocycles. The van der Waals surface area contributed by atoms with E-state index in [1.165, 1.54) is 7.11 Å². The molecule has 0 radical (unpaired) electrons. The van der Waals surface area contributed by atoms with E-state index in [0.717, 1.165) is 70.8 Å². The highest BCUT2D eigenvalue weighted by molar-refractivity contribution is 5.72. The number of aliphatic hydroxyl groups excluding tert-OH is 1. The number of benzene rings is 1. The first-order valence-electron chi connectivity index (χ1n) is 11.7. The third kappa shape index (κ3) is 7.07. The lowest BCUT2D eigenvalue weighted by Crippen LogP contribution is -2.49. The molecule has 8 nitrogen and oxygen atoms in total. The number of likely N-dealkylation sites (N-methyl/N-ethyl adjacent to an activating group) is 1. The Labute approximate surface area is 192 Å². The molecule has 3 rings (SSSR count). The topological polar surface area (TPSA) is 74.7 Å². The van der Waals surface area contributed by atoms with Gasteiger partial charge in [0, 0.05) is 39.3 Å². The van der Waals surface area contributed by atoms with Crippen LogP contribution in [0.3, 0.4) is 0 Å². The smallest absolute Gasteiger partial charge is 0.308 e. The van der Waals surface area contributed by atoms with Crippen molar-refractivity contribution in [3.63, 3.8) is 0 Å². The molecule has 0 amide bonds. The van der Waals surface area contributed by atoms with Gasteiger partial charge in [-0.25, -0.2) is 0 Å². The third-order valence-corrected chi connectivity index (χ3v) is 6.57. The minimum absolute atomic E-state index is 0.0171. The van der Waals surface area contributed by atoms with Gasteiger partial charge in [0.25, 0.3) is 0 Å². The van der Waals surface area contributed by atoms with Gasteiger partial charge in [0.05, 0.1) is 20.1 Å². The van der Waals surface area contributed by atoms with Crippen LogP contribution in [-0.2, 0) is 16.1 Å². The monoisotopic (exact) mass is 449 g/mol. The molecule has 1 N–H and O–H groups in total. The van der Waals surface area contributed by atoms with E-state index in [1.807, 2.05) is 18.2 Å². The fourth-order valence-corrected chi connectivity index (χ4v) is 4.51. The van der Waals surface area contributed by atoms with Crippen LogP contribution >= 0.6 is 0 Å². The van der Waals surface area contributed by atoms with Crippen LogP contribution in [-0.4, -0.2) is 105 Å². The van der Waals surface area contributed by atoms with Gasteiger partial charge in [-0.1, -0.05) is 13.0 Å². The van der Waals surface area contributed by atoms with Crippen LogP contribution in [0.5, 0.6) is 11.5 Å². The lowest BCUT2D eigenvalue weighted by atomic mass is 9.96. The number of rotatable bonds is 10. The summed E-state index contributed by atoms with van der Waals surface area (Å²) in [5.74, 6) is 1.24. The fourth-order valence-electron chi connectivity index (χ4n) is 4.51. The second-order valence-corrected chi connectivity index (χ2v) is 8.76. The summed E-state index contributed by atoms with van der Waals surface area (Å²) >= 11 is 0. The Balaban J connectivity index is 1.45. The van der Waals surface area contributed by atoms with Crippen LogP contribution in [0.15, 0.2) is 18.2 Å². The number of methoxy groups -OCH3 is 2. The van der Waals surface area contributed by atoms with Crippen molar-refractivity contribution >= 4 is 5.97 Å². The second-order valence-electron chi connectivity index (χ2n) is 8.76. The molecule has 0 aliphatic carbocycles. The zero-order valence-electron chi connectivity index (χ0n) is 19.8. The average Bonchev–Trinajstić information content (AvgIpc) is 2.83. The van der Waals surface area contributed by atoms with Crippen molar-refractivity contribution in [2.24, 2.45) is 5.92 Å². The molecule has 32 heavy (non-hydrogen) atoms. The number of β-amino-alcohol motifs (C(OH)–C–C–N with tert-alkyl or cyclic N) is 1. The van der Waals surface area contributed by atoms with E-state index in [4.69, 9.17) is 14.2 Å². The summed E-state index contributed by atoms with van der Waals surface area (Å²) in [5.41, 5.74) is 1.14. The normalized spacial score (nSPS) is 20.1. The van der Waals surface area contributed by atoms with E-state index in [-0.39, 0.29) is 18.5 Å². The number of ether oxygens (including phenoxy) is 3. The molecule has 0 spiro atoms. The van der Waals surface area contributed by atoms with Crippen LogP contribution in [0.4, 0.5) is 0 Å². The van der Waals surface area contributed by atoms with E-state index in [2.05, 4.69) is 21.6 Å². The van der Waals surface area contributed by atoms with Gasteiger partial charge in [0.15, 0.2) is 11.5 Å². The summed E-state index contributed by atoms with van der Waals surface area (Å²) in [7, 11) is 3.09. The number of piperidine rings is 1. The largest absolute Gasteiger partial charge is 0.493 e. The maximum absolute atomic E-state index is 11.7. The number of hydrogen-bond acceptors (Lipinski definition) is 8. The number of carbonyl (C=O) groups excluding carboxylic acids is 1. The Morgan fingerprint density at radius 2 is 1.72 bits per heavy atom. The highest BCUT2D eigenvalue weighted by Gasteiger charge is 2.25. The Kier molecular flexibility index (Phi) is 9.59. The van der Waals surface area contributed by atoms with Crippen LogP contribution in [0, 0.1) is 5.92 Å². The lowest BCUT2D eigenvalue weighted by Gasteiger charge is -2.34. The van der Waals surface area contributed by atoms with Crippen molar-refractivity contribution in [2.75, 3.05) is 73.2 Å². The summed E-state index contributed by atoms with van der Waals surface area (Å²) in [4.78, 5) is 18.8. The van der Waals surface area contributed by atoms with E-state index < -0.39 is 6.10 Å². The second kappa shape index (κ2) is 12.4. The number of hydrogen-bond donors (Lipinski definition) is 1. The minimum Gasteiger partial charge on any atom is -0.493 e. The summed E-state index contributed by atoms with van der Waals surface area (Å²) in [5, 5.41) is 10.4. The van der Waals surface area contributed by atoms with Crippen molar-refractivity contribution in [2.45, 2.75) is 32.4 Å². The maximum Gasteiger partial charge on any atom is 0.308 e. The van der Waals surface area contributed by atoms with Crippen LogP contribution < -0.4 is 9.47 Å². The van der Waals surface area contributed by atoms with Crippen molar-refractivity contribution in [3.05, 3.63) is 23.8 Å². The summed E-state index contributed by atoms with van der Waals surface area (Å²) < 4.78 is 16.3. The quantitative estimate of drug-likeness (QED) is 0.538. The van der Waals surface area contributed by atoms with Crippen molar-refractivity contribution in [1.29, 1.82) is 0 Å². The number of carbonyl (C=O) groups is 1. The van der Waals surface area contributed by atoms with Gasteiger partial charge in [0.2, 0.25) is 0 Å². The molecule has 0 bridgehead atoms. The molecule has 2 fully saturated rings. The fraction of sp³-hybridized carbons (Fsp3) is 0.708. The zero-order valence-corrected chi connectivity index (χ0v) is 19.8. The lowest BCUT2D eigenvalue weighted by molar-refractivity contribution is -0.147. The first-order valence-corrected chi connectivity index (χ1v) is 11.7. The van der Waals surface area contributed by atoms with Crippen molar-refractivity contribution in [1.82, 2.24) is 14.7 Å². The standard InChI is InChI=1S/C24H39N3O5/c1-4-25-11-13-27(14-12-25)17-21(28)18-32-22-6-5-19(15-23(22)30-2)16-26-9-7-20(8-10-26)24(29)31-3/h5-6,15,20-21,28H,4,7-14,16-18H2,1-3H3/t21-/m1/s1. The molecule has 1 aromatic carbocycles. The van der Waals surface area contributed by atoms with Crippen LogP contribution in [0.1, 0.15) is 25.3 Å². The van der Waals surface area contributed by atoms with Gasteiger partial charge in [-0.05, 0) is 50.2 Å². The predicted octanol–water partition coefficient (Wildman–Crippen LogP) is 1.46. The number of likely N-dealkylation sites (tertiary alicyclic amines) is 1. The number of nitrogens with zero attached hydrogens (tertiary/aromatic N) is 3. The first-order chi connectivity index (χ1) is 15.5. The molecule has 8 heteroatoms. The molecular weight excluding hydrogens is 410 g/mol. The van der Waals surface area contributed by atoms with Gasteiger partial charge in [-0.15, -0.1) is 0 Å². The number of piperazine rings is 1. The summed E-state index contributed by atoms with van der Waals surface area (Å²) in [6.45, 7) is 10.8. The van der Waals surface area contributed by atoms with Gasteiger partial charge in [-0.2, -0.15) is 0 Å². The molecule has 2 saturated heterocycles. The summed E-state index contributed by atoms with van der Waals surface area (Å²) in [6.07, 6.45) is 1.12. The molecule has 0 unspecified atom stereocenters. The number of aliphatic hydroxyl groups is 1. The Bertz CT molecular complexity index is 716. The van der Waals surface area contributed by atoms with Crippen molar-refractivity contribution in [3.8, 4) is 11.5 Å². The summed E-state index contributed by atoms with van der Waals surface area (Å²) in [6, 6.07) is 5.96. The van der Waals surface area contributed by atoms with Crippen molar-refractivity contribution < 1.29 is 24.1 Å². The number of esters is 1. The van der Waals surface area contributed by atoms with E-state index in [9.17, 15) is 9.90 Å². The van der Waals surface area contributed by atoms with E-state index >= 15 is 0 Å². The first kappa shape index (κ1) is 24.8. The Hall–Kier alpha value is -1.87. The Morgan fingerprint density at radius 3 is 2.34 bits per heavy atom. The average molecular weight is 450 g/mol. The zero-order chi connectivity index (χ0) is 22.9. The van der Waals surface area contributed by atoms with Crippen LogP contribution in [0.25, 0.3) is 0 Å². The van der Waals surface area contributed by atoms with E-state index in [0.29, 0.717) is 18.0 Å². The van der Waals surface area contributed by atoms with Crippen LogP contribution in [0.2, 0.25) is 0 Å². The van der Waals surface area contributed by atoms with Gasteiger partial charge >= 0.3 is 5.97 Å². The molecule has 2 aliphatic rings. The highest BCUT2D eigenvalue weighted by atomic mass is 16.5. The van der Waals surface area contributed by atoms with Gasteiger partial charge in [-0.3, -0.25) is 14.6 Å². The highest BCUT2D eigenvalue weighted by Crippen LogP contribution is 2.29. The molecule has 1 aromatic rings. The third-order valence-electron chi connectivity index (χ3n) is 6.57. The SMILES string of the molecule is CCN1CCN(C[C@@H](O)COc2ccc(CN3CCC(C(=O)OC)CC3)cc2OC)CC1. The van der Waals surface area contributed by atoms with E-state index in [1.54, 1.807) is 7.11 Å². The molecule has 180 valence electrons. The molecular formula is C24H39N3O5. The molecule has 2 aliphatic heterocycles. The predicted molar refractivity (Wildman–Crippen MR) is 123 cm³/mol. The molecule has 1 atom stereocenters. The maximum atomic E-state index is 11.7. The van der Waals surface area contributed by atoms with Gasteiger partial charge in [0.1, 0.15) is 12.7 Å². The van der Waals surface area contributed by atoms with Gasteiger partial charge < -0.3 is 24.2 Å². The Morgan fingerprint density at radius 1 is 1.03 bits per heavy atom. The molecule has 0 saturated carbocycles. The minimum atomic E-state index is -0.538.